The van der Waals surface area contributed by atoms with Crippen LogP contribution in [0.5, 0.6) is 0 Å². The van der Waals surface area contributed by atoms with Crippen molar-refractivity contribution in [1.82, 2.24) is 0 Å². The van der Waals surface area contributed by atoms with Gasteiger partial charge in [-0.2, -0.15) is 0 Å². The fraction of sp³-hybridized carbons (Fsp3) is 0.846. The Morgan fingerprint density at radius 2 is 1.77 bits per heavy atom. The minimum absolute atomic E-state index is 0.450. The number of hydrogen-bond acceptors (Lipinski definition) is 0. The molecule has 0 N–H and O–H groups in total. The van der Waals surface area contributed by atoms with Crippen molar-refractivity contribution in [2.75, 3.05) is 0 Å². The van der Waals surface area contributed by atoms with Crippen molar-refractivity contribution < 1.29 is 0 Å². The van der Waals surface area contributed by atoms with Crippen LogP contribution in [-0.4, -0.2) is 0 Å². The zero-order valence-electron chi connectivity index (χ0n) is 9.69. The Kier molecular flexibility index (Phi) is 3.21. The van der Waals surface area contributed by atoms with E-state index in [0.29, 0.717) is 5.41 Å². The topological polar surface area (TPSA) is 0 Å². The smallest absolute Gasteiger partial charge is 0.0122 e. The highest BCUT2D eigenvalue weighted by molar-refractivity contribution is 5.07. The zero-order valence-corrected chi connectivity index (χ0v) is 9.69. The van der Waals surface area contributed by atoms with E-state index in [4.69, 9.17) is 0 Å². The summed E-state index contributed by atoms with van der Waals surface area (Å²) >= 11 is 0. The number of rotatable bonds is 2. The standard InChI is InChI=1S/C13H24/c1-10(2)12-6-8-13(5,9-7-12)11(3)4/h10,12H,3,6-9H2,1-2,4-5H3. The van der Waals surface area contributed by atoms with Crippen LogP contribution < -0.4 is 0 Å². The molecule has 0 radical (unpaired) electrons. The maximum Gasteiger partial charge on any atom is -0.0122 e. The fourth-order valence-corrected chi connectivity index (χ4v) is 2.37. The van der Waals surface area contributed by atoms with Crippen LogP contribution in [-0.2, 0) is 0 Å². The molecular weight excluding hydrogens is 156 g/mol. The molecule has 0 amide bonds. The lowest BCUT2D eigenvalue weighted by atomic mass is 9.66. The Balaban J connectivity index is 2.51. The Labute approximate surface area is 83.4 Å². The van der Waals surface area contributed by atoms with Crippen LogP contribution in [0.2, 0.25) is 0 Å². The quantitative estimate of drug-likeness (QED) is 0.552. The second-order valence-corrected chi connectivity index (χ2v) is 5.42. The minimum atomic E-state index is 0.450. The van der Waals surface area contributed by atoms with Crippen LogP contribution in [0.1, 0.15) is 53.4 Å². The molecule has 0 heteroatoms. The Hall–Kier alpha value is -0.260. The van der Waals surface area contributed by atoms with E-state index >= 15 is 0 Å². The maximum absolute atomic E-state index is 4.12. The van der Waals surface area contributed by atoms with E-state index in [2.05, 4.69) is 34.3 Å². The molecule has 0 aromatic rings. The van der Waals surface area contributed by atoms with Crippen LogP contribution in [0, 0.1) is 17.3 Å². The van der Waals surface area contributed by atoms with Gasteiger partial charge in [0.15, 0.2) is 0 Å². The molecule has 0 heterocycles. The van der Waals surface area contributed by atoms with Crippen molar-refractivity contribution in [3.05, 3.63) is 12.2 Å². The molecule has 1 aliphatic rings. The molecule has 13 heavy (non-hydrogen) atoms. The van der Waals surface area contributed by atoms with E-state index in [-0.39, 0.29) is 0 Å². The molecule has 0 spiro atoms. The summed E-state index contributed by atoms with van der Waals surface area (Å²) in [6.07, 6.45) is 5.51. The van der Waals surface area contributed by atoms with Gasteiger partial charge in [-0.05, 0) is 49.9 Å². The Morgan fingerprint density at radius 1 is 1.31 bits per heavy atom. The van der Waals surface area contributed by atoms with Gasteiger partial charge >= 0.3 is 0 Å². The third kappa shape index (κ3) is 2.36. The largest absolute Gasteiger partial charge is 0.0996 e. The summed E-state index contributed by atoms with van der Waals surface area (Å²) in [6.45, 7) is 13.4. The van der Waals surface area contributed by atoms with Gasteiger partial charge in [0.05, 0.1) is 0 Å². The molecule has 1 rings (SSSR count). The molecule has 0 aliphatic heterocycles. The van der Waals surface area contributed by atoms with E-state index in [1.54, 1.807) is 0 Å². The molecule has 0 atom stereocenters. The molecular formula is C13H24. The van der Waals surface area contributed by atoms with Crippen molar-refractivity contribution in [1.29, 1.82) is 0 Å². The second kappa shape index (κ2) is 3.86. The van der Waals surface area contributed by atoms with Gasteiger partial charge in [-0.25, -0.2) is 0 Å². The van der Waals surface area contributed by atoms with Gasteiger partial charge in [0.25, 0.3) is 0 Å². The molecule has 0 bridgehead atoms. The van der Waals surface area contributed by atoms with Crippen molar-refractivity contribution in [3.63, 3.8) is 0 Å². The summed E-state index contributed by atoms with van der Waals surface area (Å²) < 4.78 is 0. The normalized spacial score (nSPS) is 35.0. The monoisotopic (exact) mass is 180 g/mol. The van der Waals surface area contributed by atoms with Gasteiger partial charge in [-0.3, -0.25) is 0 Å². The van der Waals surface area contributed by atoms with E-state index < -0.39 is 0 Å². The van der Waals surface area contributed by atoms with E-state index in [1.165, 1.54) is 31.3 Å². The summed E-state index contributed by atoms with van der Waals surface area (Å²) in [5.41, 5.74) is 1.83. The lowest BCUT2D eigenvalue weighted by Crippen LogP contribution is -2.27. The highest BCUT2D eigenvalue weighted by atomic mass is 14.4. The first-order valence-corrected chi connectivity index (χ1v) is 5.62. The predicted molar refractivity (Wildman–Crippen MR) is 59.7 cm³/mol. The summed E-state index contributed by atoms with van der Waals surface area (Å²) in [5, 5.41) is 0. The highest BCUT2D eigenvalue weighted by Gasteiger charge is 2.32. The van der Waals surface area contributed by atoms with Crippen molar-refractivity contribution in [2.24, 2.45) is 17.3 Å². The zero-order chi connectivity index (χ0) is 10.1. The van der Waals surface area contributed by atoms with Gasteiger partial charge < -0.3 is 0 Å². The van der Waals surface area contributed by atoms with Gasteiger partial charge in [0.2, 0.25) is 0 Å². The van der Waals surface area contributed by atoms with Crippen molar-refractivity contribution in [3.8, 4) is 0 Å². The van der Waals surface area contributed by atoms with Crippen molar-refractivity contribution >= 4 is 0 Å². The fourth-order valence-electron chi connectivity index (χ4n) is 2.37. The van der Waals surface area contributed by atoms with E-state index in [9.17, 15) is 0 Å². The lowest BCUT2D eigenvalue weighted by molar-refractivity contribution is 0.175. The average Bonchev–Trinajstić information content (AvgIpc) is 2.04. The third-order valence-electron chi connectivity index (χ3n) is 4.11. The van der Waals surface area contributed by atoms with Crippen LogP contribution in [0.25, 0.3) is 0 Å². The minimum Gasteiger partial charge on any atom is -0.0996 e. The average molecular weight is 180 g/mol. The van der Waals surface area contributed by atoms with E-state index in [1.807, 2.05) is 0 Å². The molecule has 0 aromatic heterocycles. The summed E-state index contributed by atoms with van der Waals surface area (Å²) in [7, 11) is 0. The van der Waals surface area contributed by atoms with Gasteiger partial charge in [0.1, 0.15) is 0 Å². The van der Waals surface area contributed by atoms with Crippen LogP contribution in [0.3, 0.4) is 0 Å². The van der Waals surface area contributed by atoms with Gasteiger partial charge in [-0.15, -0.1) is 0 Å². The van der Waals surface area contributed by atoms with Gasteiger partial charge in [0, 0.05) is 0 Å². The first-order valence-electron chi connectivity index (χ1n) is 5.62. The molecule has 1 aliphatic carbocycles. The molecule has 0 saturated heterocycles. The SMILES string of the molecule is C=C(C)C1(C)CCC(C(C)C)CC1. The van der Waals surface area contributed by atoms with Crippen LogP contribution >= 0.6 is 0 Å². The molecule has 1 saturated carbocycles. The predicted octanol–water partition coefficient (Wildman–Crippen LogP) is 4.42. The third-order valence-corrected chi connectivity index (χ3v) is 4.11. The molecule has 0 aromatic carbocycles. The summed E-state index contributed by atoms with van der Waals surface area (Å²) in [4.78, 5) is 0. The first-order chi connectivity index (χ1) is 5.96. The number of allylic oxidation sites excluding steroid dienone is 1. The van der Waals surface area contributed by atoms with Crippen LogP contribution in [0.15, 0.2) is 12.2 Å². The first kappa shape index (κ1) is 10.8. The van der Waals surface area contributed by atoms with Gasteiger partial charge in [-0.1, -0.05) is 32.9 Å². The summed E-state index contributed by atoms with van der Waals surface area (Å²) in [5.74, 6) is 1.84. The molecule has 0 nitrogen and oxygen atoms in total. The highest BCUT2D eigenvalue weighted by Crippen LogP contribution is 2.44. The van der Waals surface area contributed by atoms with E-state index in [0.717, 1.165) is 11.8 Å². The lowest BCUT2D eigenvalue weighted by Gasteiger charge is -2.39. The second-order valence-electron chi connectivity index (χ2n) is 5.42. The Bertz CT molecular complexity index is 180. The van der Waals surface area contributed by atoms with Crippen molar-refractivity contribution in [2.45, 2.75) is 53.4 Å². The molecule has 1 fully saturated rings. The molecule has 76 valence electrons. The maximum atomic E-state index is 4.12. The molecule has 0 unspecified atom stereocenters. The summed E-state index contributed by atoms with van der Waals surface area (Å²) in [6, 6.07) is 0. The number of hydrogen-bond donors (Lipinski definition) is 0. The van der Waals surface area contributed by atoms with Crippen LogP contribution in [0.4, 0.5) is 0 Å². The Morgan fingerprint density at radius 3 is 2.08 bits per heavy atom.